The van der Waals surface area contributed by atoms with E-state index in [0.717, 1.165) is 49.2 Å². The minimum atomic E-state index is -1.09. The Morgan fingerprint density at radius 3 is 2.24 bits per heavy atom. The SMILES string of the molecule is C=CCc1cc(C2C3=C(CCCC3=O)N(CC)C3=C2C(=O)CCC3)cc(OC)c1OCC(=O)O. The van der Waals surface area contributed by atoms with Crippen molar-refractivity contribution in [3.05, 3.63) is 58.5 Å². The quantitative estimate of drug-likeness (QED) is 0.572. The van der Waals surface area contributed by atoms with Gasteiger partial charge in [-0.15, -0.1) is 6.58 Å². The molecule has 0 atom stereocenters. The molecule has 1 aromatic rings. The van der Waals surface area contributed by atoms with Crippen LogP contribution in [0.2, 0.25) is 0 Å². The summed E-state index contributed by atoms with van der Waals surface area (Å²) < 4.78 is 11.2. The van der Waals surface area contributed by atoms with Crippen molar-refractivity contribution in [3.8, 4) is 11.5 Å². The molecule has 0 saturated carbocycles. The molecule has 180 valence electrons. The molecule has 4 rings (SSSR count). The first-order chi connectivity index (χ1) is 16.4. The molecule has 7 nitrogen and oxygen atoms in total. The Morgan fingerprint density at radius 1 is 1.12 bits per heavy atom. The number of aliphatic carboxylic acids is 1. The van der Waals surface area contributed by atoms with E-state index < -0.39 is 18.5 Å². The van der Waals surface area contributed by atoms with Gasteiger partial charge in [0.2, 0.25) is 0 Å². The lowest BCUT2D eigenvalue weighted by Crippen LogP contribution is -2.39. The highest BCUT2D eigenvalue weighted by atomic mass is 16.5. The number of hydrogen-bond acceptors (Lipinski definition) is 6. The average molecular weight is 466 g/mol. The topological polar surface area (TPSA) is 93.1 Å². The number of rotatable bonds is 8. The van der Waals surface area contributed by atoms with Crippen LogP contribution in [0.25, 0.3) is 0 Å². The van der Waals surface area contributed by atoms with E-state index in [2.05, 4.69) is 18.4 Å². The molecule has 1 aliphatic heterocycles. The zero-order valence-corrected chi connectivity index (χ0v) is 19.8. The zero-order chi connectivity index (χ0) is 24.4. The number of carbonyl (C=O) groups excluding carboxylic acids is 2. The predicted octanol–water partition coefficient (Wildman–Crippen LogP) is 4.32. The Balaban J connectivity index is 1.94. The fourth-order valence-corrected chi connectivity index (χ4v) is 5.54. The van der Waals surface area contributed by atoms with Gasteiger partial charge in [-0.2, -0.15) is 0 Å². The lowest BCUT2D eigenvalue weighted by Gasteiger charge is -2.43. The van der Waals surface area contributed by atoms with Gasteiger partial charge < -0.3 is 19.5 Å². The van der Waals surface area contributed by atoms with Gasteiger partial charge in [0.25, 0.3) is 0 Å². The van der Waals surface area contributed by atoms with Gasteiger partial charge in [0.05, 0.1) is 7.11 Å². The molecule has 0 aromatic heterocycles. The molecular formula is C27H31NO6. The summed E-state index contributed by atoms with van der Waals surface area (Å²) in [6, 6.07) is 3.70. The molecule has 7 heteroatoms. The van der Waals surface area contributed by atoms with Crippen molar-refractivity contribution in [2.45, 2.75) is 57.8 Å². The van der Waals surface area contributed by atoms with Gasteiger partial charge in [-0.1, -0.05) is 12.1 Å². The molecule has 2 aliphatic carbocycles. The molecule has 0 unspecified atom stereocenters. The fraction of sp³-hybridized carbons (Fsp3) is 0.444. The number of carboxylic acid groups (broad SMARTS) is 1. The Labute approximate surface area is 199 Å². The van der Waals surface area contributed by atoms with Gasteiger partial charge in [-0.05, 0) is 50.7 Å². The monoisotopic (exact) mass is 465 g/mol. The van der Waals surface area contributed by atoms with Gasteiger partial charge in [0.15, 0.2) is 29.7 Å². The largest absolute Gasteiger partial charge is 0.493 e. The highest BCUT2D eigenvalue weighted by Gasteiger charge is 2.43. The summed E-state index contributed by atoms with van der Waals surface area (Å²) in [5.41, 5.74) is 5.00. The molecule has 0 radical (unpaired) electrons. The van der Waals surface area contributed by atoms with Crippen molar-refractivity contribution in [1.82, 2.24) is 4.90 Å². The molecule has 3 aliphatic rings. The van der Waals surface area contributed by atoms with Crippen LogP contribution in [0, 0.1) is 0 Å². The number of hydrogen-bond donors (Lipinski definition) is 1. The summed E-state index contributed by atoms with van der Waals surface area (Å²) in [5.74, 6) is -0.653. The second-order valence-electron chi connectivity index (χ2n) is 8.84. The summed E-state index contributed by atoms with van der Waals surface area (Å²) in [6.45, 7) is 6.10. The van der Waals surface area contributed by atoms with Gasteiger partial charge in [-0.25, -0.2) is 4.79 Å². The lowest BCUT2D eigenvalue weighted by molar-refractivity contribution is -0.139. The summed E-state index contributed by atoms with van der Waals surface area (Å²) in [5, 5.41) is 9.11. The van der Waals surface area contributed by atoms with Gasteiger partial charge >= 0.3 is 5.97 Å². The van der Waals surface area contributed by atoms with Crippen molar-refractivity contribution in [3.63, 3.8) is 0 Å². The normalized spacial score (nSPS) is 18.6. The van der Waals surface area contributed by atoms with E-state index in [1.54, 1.807) is 12.1 Å². The van der Waals surface area contributed by atoms with Crippen LogP contribution in [0.4, 0.5) is 0 Å². The Bertz CT molecular complexity index is 1070. The van der Waals surface area contributed by atoms with E-state index in [1.807, 2.05) is 6.07 Å². The standard InChI is InChI=1S/C27H31NO6/c1-4-8-16-13-17(14-22(33-3)27(16)34-15-23(31)32)24-25-18(9-6-11-20(25)29)28(5-2)19-10-7-12-21(30)26(19)24/h4,13-14,24H,1,5-12,15H2,2-3H3,(H,31,32). The number of carbonyl (C=O) groups is 3. The van der Waals surface area contributed by atoms with Crippen LogP contribution < -0.4 is 9.47 Å². The number of carboxylic acids is 1. The van der Waals surface area contributed by atoms with Crippen LogP contribution in [-0.2, 0) is 20.8 Å². The molecule has 34 heavy (non-hydrogen) atoms. The van der Waals surface area contributed by atoms with Gasteiger partial charge in [0.1, 0.15) is 0 Å². The summed E-state index contributed by atoms with van der Waals surface area (Å²) in [6.07, 6.45) is 6.32. The van der Waals surface area contributed by atoms with Crippen LogP contribution in [0.15, 0.2) is 47.3 Å². The van der Waals surface area contributed by atoms with Crippen LogP contribution in [-0.4, -0.2) is 47.8 Å². The molecular weight excluding hydrogens is 434 g/mol. The Morgan fingerprint density at radius 2 is 1.74 bits per heavy atom. The van der Waals surface area contributed by atoms with E-state index in [0.29, 0.717) is 47.5 Å². The van der Waals surface area contributed by atoms with E-state index >= 15 is 0 Å². The third-order valence-corrected chi connectivity index (χ3v) is 6.81. The summed E-state index contributed by atoms with van der Waals surface area (Å²) in [4.78, 5) is 39.9. The first kappa shape index (κ1) is 23.8. The first-order valence-electron chi connectivity index (χ1n) is 11.9. The number of benzene rings is 1. The predicted molar refractivity (Wildman–Crippen MR) is 127 cm³/mol. The number of methoxy groups -OCH3 is 1. The zero-order valence-electron chi connectivity index (χ0n) is 19.8. The highest BCUT2D eigenvalue weighted by molar-refractivity contribution is 6.06. The van der Waals surface area contributed by atoms with Gasteiger partial charge in [-0.3, -0.25) is 9.59 Å². The van der Waals surface area contributed by atoms with Gasteiger partial charge in [0, 0.05) is 53.4 Å². The molecule has 1 aromatic carbocycles. The highest BCUT2D eigenvalue weighted by Crippen LogP contribution is 2.50. The Hall–Kier alpha value is -3.35. The van der Waals surface area contributed by atoms with E-state index in [9.17, 15) is 14.4 Å². The van der Waals surface area contributed by atoms with E-state index in [1.165, 1.54) is 7.11 Å². The number of ether oxygens (including phenoxy) is 2. The maximum absolute atomic E-state index is 13.3. The molecule has 0 saturated heterocycles. The van der Waals surface area contributed by atoms with Crippen LogP contribution >= 0.6 is 0 Å². The summed E-state index contributed by atoms with van der Waals surface area (Å²) in [7, 11) is 1.50. The average Bonchev–Trinajstić information content (AvgIpc) is 2.82. The molecule has 0 spiro atoms. The molecule has 0 fully saturated rings. The summed E-state index contributed by atoms with van der Waals surface area (Å²) >= 11 is 0. The molecule has 0 amide bonds. The maximum Gasteiger partial charge on any atom is 0.341 e. The lowest BCUT2D eigenvalue weighted by atomic mass is 9.70. The van der Waals surface area contributed by atoms with Crippen LogP contribution in [0.5, 0.6) is 11.5 Å². The van der Waals surface area contributed by atoms with Crippen molar-refractivity contribution >= 4 is 17.5 Å². The number of ketones is 2. The maximum atomic E-state index is 13.3. The molecule has 0 bridgehead atoms. The van der Waals surface area contributed by atoms with E-state index in [4.69, 9.17) is 14.6 Å². The molecule has 1 N–H and O–H groups in total. The smallest absolute Gasteiger partial charge is 0.341 e. The third kappa shape index (κ3) is 4.15. The number of nitrogens with zero attached hydrogens (tertiary/aromatic N) is 1. The van der Waals surface area contributed by atoms with Crippen LogP contribution in [0.1, 0.15) is 62.5 Å². The fourth-order valence-electron chi connectivity index (χ4n) is 5.54. The van der Waals surface area contributed by atoms with Crippen LogP contribution in [0.3, 0.4) is 0 Å². The van der Waals surface area contributed by atoms with Crippen molar-refractivity contribution in [2.24, 2.45) is 0 Å². The van der Waals surface area contributed by atoms with Crippen molar-refractivity contribution in [1.29, 1.82) is 0 Å². The van der Waals surface area contributed by atoms with Crippen molar-refractivity contribution in [2.75, 3.05) is 20.3 Å². The van der Waals surface area contributed by atoms with E-state index in [-0.39, 0.29) is 11.6 Å². The molecule has 1 heterocycles. The minimum absolute atomic E-state index is 0.0880. The second-order valence-corrected chi connectivity index (χ2v) is 8.84. The number of allylic oxidation sites excluding steroid dienone is 5. The van der Waals surface area contributed by atoms with Crippen molar-refractivity contribution < 1.29 is 29.0 Å². The third-order valence-electron chi connectivity index (χ3n) is 6.81. The number of Topliss-reactive ketones (excluding diaryl/α,β-unsaturated/α-hetero) is 2. The Kier molecular flexibility index (Phi) is 6.91. The second kappa shape index (κ2) is 9.87. The first-order valence-corrected chi connectivity index (χ1v) is 11.9. The minimum Gasteiger partial charge on any atom is -0.493 e.